The lowest BCUT2D eigenvalue weighted by Crippen LogP contribution is -2.22. The minimum atomic E-state index is -0.322. The van der Waals surface area contributed by atoms with Gasteiger partial charge in [0.15, 0.2) is 5.13 Å². The number of benzene rings is 2. The summed E-state index contributed by atoms with van der Waals surface area (Å²) in [6.45, 7) is 1.51. The summed E-state index contributed by atoms with van der Waals surface area (Å²) in [6, 6.07) is 15.3. The van der Waals surface area contributed by atoms with Crippen LogP contribution in [0.2, 0.25) is 0 Å². The number of carbonyl (C=O) groups is 1. The topological polar surface area (TPSA) is 72.1 Å². The molecule has 0 spiro atoms. The molecule has 4 rings (SSSR count). The van der Waals surface area contributed by atoms with E-state index in [0.29, 0.717) is 27.6 Å². The number of aromatic nitrogens is 3. The van der Waals surface area contributed by atoms with E-state index in [2.05, 4.69) is 15.2 Å². The molecule has 0 bridgehead atoms. The molecule has 0 N–H and O–H groups in total. The quantitative estimate of drug-likeness (QED) is 0.389. The van der Waals surface area contributed by atoms with Crippen molar-refractivity contribution in [2.24, 2.45) is 0 Å². The molecular weight excluding hydrogens is 411 g/mol. The van der Waals surface area contributed by atoms with Gasteiger partial charge >= 0.3 is 0 Å². The van der Waals surface area contributed by atoms with Crippen LogP contribution in [0, 0.1) is 5.82 Å². The SMILES string of the molecule is CC(=O)N(c1ccccc1)c1nc(CSc2nnc(-c3ccc(F)cc3)o2)cs1. The van der Waals surface area contributed by atoms with Gasteiger partial charge in [0.1, 0.15) is 5.82 Å². The van der Waals surface area contributed by atoms with Crippen molar-refractivity contribution in [3.05, 3.63) is 71.5 Å². The van der Waals surface area contributed by atoms with Crippen LogP contribution in [0.3, 0.4) is 0 Å². The van der Waals surface area contributed by atoms with Crippen LogP contribution < -0.4 is 4.90 Å². The van der Waals surface area contributed by atoms with Crippen molar-refractivity contribution in [1.82, 2.24) is 15.2 Å². The summed E-state index contributed by atoms with van der Waals surface area (Å²) in [4.78, 5) is 18.3. The molecule has 4 aromatic rings. The summed E-state index contributed by atoms with van der Waals surface area (Å²) in [6.07, 6.45) is 0. The van der Waals surface area contributed by atoms with Gasteiger partial charge in [-0.05, 0) is 36.4 Å². The van der Waals surface area contributed by atoms with Crippen LogP contribution in [-0.4, -0.2) is 21.1 Å². The number of carbonyl (C=O) groups excluding carboxylic acids is 1. The number of thioether (sulfide) groups is 1. The first-order valence-electron chi connectivity index (χ1n) is 8.62. The van der Waals surface area contributed by atoms with Crippen molar-refractivity contribution < 1.29 is 13.6 Å². The number of para-hydroxylation sites is 1. The van der Waals surface area contributed by atoms with Crippen molar-refractivity contribution in [1.29, 1.82) is 0 Å². The largest absolute Gasteiger partial charge is 0.411 e. The van der Waals surface area contributed by atoms with Gasteiger partial charge < -0.3 is 4.42 Å². The molecule has 0 aliphatic carbocycles. The van der Waals surface area contributed by atoms with E-state index >= 15 is 0 Å². The molecule has 6 nitrogen and oxygen atoms in total. The fourth-order valence-electron chi connectivity index (χ4n) is 2.58. The van der Waals surface area contributed by atoms with Gasteiger partial charge in [0, 0.05) is 23.6 Å². The summed E-state index contributed by atoms with van der Waals surface area (Å²) in [5.41, 5.74) is 2.23. The summed E-state index contributed by atoms with van der Waals surface area (Å²) < 4.78 is 18.7. The Labute approximate surface area is 174 Å². The van der Waals surface area contributed by atoms with Crippen molar-refractivity contribution in [3.8, 4) is 11.5 Å². The van der Waals surface area contributed by atoms with Crippen molar-refractivity contribution >= 4 is 39.8 Å². The van der Waals surface area contributed by atoms with E-state index in [0.717, 1.165) is 11.4 Å². The van der Waals surface area contributed by atoms with Gasteiger partial charge in [-0.25, -0.2) is 9.37 Å². The molecule has 29 heavy (non-hydrogen) atoms. The van der Waals surface area contributed by atoms with Gasteiger partial charge in [-0.15, -0.1) is 21.5 Å². The number of anilines is 2. The molecule has 0 saturated carbocycles. The lowest BCUT2D eigenvalue weighted by atomic mass is 10.2. The maximum absolute atomic E-state index is 13.0. The first kappa shape index (κ1) is 19.3. The van der Waals surface area contributed by atoms with Crippen molar-refractivity contribution in [3.63, 3.8) is 0 Å². The summed E-state index contributed by atoms with van der Waals surface area (Å²) in [7, 11) is 0. The standard InChI is InChI=1S/C20H15FN4O2S2/c1-13(26)25(17-5-3-2-4-6-17)19-22-16(11-28-19)12-29-20-24-23-18(27-20)14-7-9-15(21)10-8-14/h2-11H,12H2,1H3. The van der Waals surface area contributed by atoms with Crippen LogP contribution in [0.1, 0.15) is 12.6 Å². The number of rotatable bonds is 6. The lowest BCUT2D eigenvalue weighted by Gasteiger charge is -2.17. The Kier molecular flexibility index (Phi) is 5.68. The fraction of sp³-hybridized carbons (Fsp3) is 0.100. The fourth-order valence-corrected chi connectivity index (χ4v) is 4.23. The maximum Gasteiger partial charge on any atom is 0.277 e. The van der Waals surface area contributed by atoms with Gasteiger partial charge in [-0.1, -0.05) is 30.0 Å². The molecule has 0 unspecified atom stereocenters. The molecule has 0 atom stereocenters. The minimum absolute atomic E-state index is 0.106. The Hall–Kier alpha value is -3.04. The van der Waals surface area contributed by atoms with E-state index in [-0.39, 0.29) is 11.7 Å². The average Bonchev–Trinajstić information content (AvgIpc) is 3.37. The van der Waals surface area contributed by atoms with E-state index < -0.39 is 0 Å². The zero-order chi connectivity index (χ0) is 20.2. The number of halogens is 1. The smallest absolute Gasteiger partial charge is 0.277 e. The maximum atomic E-state index is 13.0. The molecule has 9 heteroatoms. The highest BCUT2D eigenvalue weighted by Gasteiger charge is 2.18. The Morgan fingerprint density at radius 1 is 1.14 bits per heavy atom. The summed E-state index contributed by atoms with van der Waals surface area (Å²) in [5, 5.41) is 10.9. The predicted octanol–water partition coefficient (Wildman–Crippen LogP) is 5.31. The van der Waals surface area contributed by atoms with E-state index in [1.54, 1.807) is 17.0 Å². The highest BCUT2D eigenvalue weighted by molar-refractivity contribution is 7.98. The Morgan fingerprint density at radius 2 is 1.90 bits per heavy atom. The molecule has 2 heterocycles. The lowest BCUT2D eigenvalue weighted by molar-refractivity contribution is -0.115. The zero-order valence-electron chi connectivity index (χ0n) is 15.3. The highest BCUT2D eigenvalue weighted by Crippen LogP contribution is 2.31. The number of nitrogens with zero attached hydrogens (tertiary/aromatic N) is 4. The monoisotopic (exact) mass is 426 g/mol. The highest BCUT2D eigenvalue weighted by atomic mass is 32.2. The molecule has 2 aromatic heterocycles. The molecule has 1 amide bonds. The van der Waals surface area contributed by atoms with E-state index in [1.165, 1.54) is 42.2 Å². The third-order valence-corrected chi connectivity index (χ3v) is 5.63. The van der Waals surface area contributed by atoms with E-state index in [4.69, 9.17) is 4.42 Å². The van der Waals surface area contributed by atoms with Gasteiger partial charge in [-0.3, -0.25) is 9.69 Å². The molecule has 0 saturated heterocycles. The van der Waals surface area contributed by atoms with Crippen LogP contribution in [-0.2, 0) is 10.5 Å². The summed E-state index contributed by atoms with van der Waals surface area (Å²) >= 11 is 2.75. The third-order valence-electron chi connectivity index (χ3n) is 3.90. The van der Waals surface area contributed by atoms with Gasteiger partial charge in [0.2, 0.25) is 11.8 Å². The predicted molar refractivity (Wildman–Crippen MR) is 111 cm³/mol. The first-order valence-corrected chi connectivity index (χ1v) is 10.5. The third kappa shape index (κ3) is 4.52. The number of thiazole rings is 1. The van der Waals surface area contributed by atoms with Crippen LogP contribution in [0.15, 0.2) is 69.6 Å². The molecule has 0 aliphatic rings. The molecule has 0 fully saturated rings. The number of hydrogen-bond acceptors (Lipinski definition) is 7. The Morgan fingerprint density at radius 3 is 2.62 bits per heavy atom. The Bertz CT molecular complexity index is 1110. The van der Waals surface area contributed by atoms with Crippen molar-refractivity contribution in [2.45, 2.75) is 17.9 Å². The van der Waals surface area contributed by atoms with Gasteiger partial charge in [-0.2, -0.15) is 0 Å². The second kappa shape index (κ2) is 8.54. The van der Waals surface area contributed by atoms with Gasteiger partial charge in [0.25, 0.3) is 5.22 Å². The van der Waals surface area contributed by atoms with Crippen molar-refractivity contribution in [2.75, 3.05) is 4.90 Å². The van der Waals surface area contributed by atoms with Crippen LogP contribution in [0.5, 0.6) is 0 Å². The zero-order valence-corrected chi connectivity index (χ0v) is 16.9. The average molecular weight is 426 g/mol. The van der Waals surface area contributed by atoms with Crippen LogP contribution in [0.4, 0.5) is 15.2 Å². The Balaban J connectivity index is 1.44. The molecule has 146 valence electrons. The second-order valence-corrected chi connectivity index (χ2v) is 7.74. The van der Waals surface area contributed by atoms with E-state index in [9.17, 15) is 9.18 Å². The molecule has 2 aromatic carbocycles. The number of hydrogen-bond donors (Lipinski definition) is 0. The molecular formula is C20H15FN4O2S2. The number of amides is 1. The molecule has 0 radical (unpaired) electrons. The summed E-state index contributed by atoms with van der Waals surface area (Å²) in [5.74, 6) is 0.420. The molecule has 0 aliphatic heterocycles. The second-order valence-electron chi connectivity index (χ2n) is 5.98. The van der Waals surface area contributed by atoms with E-state index in [1.807, 2.05) is 35.7 Å². The normalized spacial score (nSPS) is 10.8. The van der Waals surface area contributed by atoms with Crippen LogP contribution >= 0.6 is 23.1 Å². The first-order chi connectivity index (χ1) is 14.1. The van der Waals surface area contributed by atoms with Gasteiger partial charge in [0.05, 0.1) is 11.4 Å². The minimum Gasteiger partial charge on any atom is -0.411 e. The van der Waals surface area contributed by atoms with Crippen LogP contribution in [0.25, 0.3) is 11.5 Å².